The number of thiazole rings is 1. The van der Waals surface area contributed by atoms with Crippen LogP contribution in [0.25, 0.3) is 21.3 Å². The summed E-state index contributed by atoms with van der Waals surface area (Å²) in [5.74, 6) is 0.529. The number of fused-ring (bicyclic) bond motifs is 1. The second-order valence-electron chi connectivity index (χ2n) is 9.35. The second kappa shape index (κ2) is 12.4. The first-order valence-electron chi connectivity index (χ1n) is 13.2. The molecule has 2 N–H and O–H groups in total. The molecular formula is C27H35N7O4S. The Morgan fingerprint density at radius 1 is 1.13 bits per heavy atom. The number of urea groups is 1. The molecule has 0 saturated carbocycles. The predicted octanol–water partition coefficient (Wildman–Crippen LogP) is 4.82. The van der Waals surface area contributed by atoms with Crippen LogP contribution in [0.4, 0.5) is 15.9 Å². The lowest BCUT2D eigenvalue weighted by molar-refractivity contribution is -0.157. The van der Waals surface area contributed by atoms with Crippen molar-refractivity contribution in [2.24, 2.45) is 10.6 Å². The summed E-state index contributed by atoms with van der Waals surface area (Å²) in [6.45, 7) is 9.90. The van der Waals surface area contributed by atoms with E-state index in [-0.39, 0.29) is 12.0 Å². The highest BCUT2D eigenvalue weighted by molar-refractivity contribution is 7.22. The summed E-state index contributed by atoms with van der Waals surface area (Å²) in [5, 5.41) is 10.1. The quantitative estimate of drug-likeness (QED) is 0.219. The molecule has 11 nitrogen and oxygen atoms in total. The number of oxime groups is 1. The fourth-order valence-electron chi connectivity index (χ4n) is 4.76. The van der Waals surface area contributed by atoms with Crippen molar-refractivity contribution >= 4 is 50.3 Å². The SMILES string of the molecule is CCNC(=O)Nc1nc2cc(-c3cnc(N4CCC(CC)(C(=O)OCC)CC4)nc3)cc(/C(C)=N\OC)c2s1. The lowest BCUT2D eigenvalue weighted by Gasteiger charge is -2.39. The molecule has 3 heterocycles. The van der Waals surface area contributed by atoms with Gasteiger partial charge in [0.05, 0.1) is 28.0 Å². The Labute approximate surface area is 232 Å². The van der Waals surface area contributed by atoms with Gasteiger partial charge in [-0.2, -0.15) is 0 Å². The summed E-state index contributed by atoms with van der Waals surface area (Å²) in [4.78, 5) is 45.7. The van der Waals surface area contributed by atoms with Crippen molar-refractivity contribution in [1.82, 2.24) is 20.3 Å². The van der Waals surface area contributed by atoms with Gasteiger partial charge >= 0.3 is 12.0 Å². The van der Waals surface area contributed by atoms with Crippen molar-refractivity contribution in [2.75, 3.05) is 43.6 Å². The summed E-state index contributed by atoms with van der Waals surface area (Å²) in [6.07, 6.45) is 5.77. The second-order valence-corrected chi connectivity index (χ2v) is 10.3. The van der Waals surface area contributed by atoms with E-state index in [2.05, 4.69) is 35.6 Å². The fraction of sp³-hybridized carbons (Fsp3) is 0.481. The Bertz CT molecular complexity index is 1350. The molecule has 1 aliphatic rings. The standard InChI is InChI=1S/C27H35N7O4S/c1-6-27(23(35)38-8-3)9-11-34(12-10-27)24-29-15-19(16-30-24)18-13-20(17(4)33-37-5)22-21(14-18)31-26(39-22)32-25(36)28-7-2/h13-16H,6-12H2,1-5H3,(H2,28,31,32,36)/b33-17-. The number of nitrogens with zero attached hydrogens (tertiary/aromatic N) is 5. The maximum Gasteiger partial charge on any atom is 0.321 e. The van der Waals surface area contributed by atoms with E-state index < -0.39 is 5.41 Å². The number of ether oxygens (including phenoxy) is 1. The van der Waals surface area contributed by atoms with Crippen LogP contribution in [-0.4, -0.2) is 66.0 Å². The molecule has 0 aliphatic carbocycles. The fourth-order valence-corrected chi connectivity index (χ4v) is 5.77. The third-order valence-electron chi connectivity index (χ3n) is 7.03. The summed E-state index contributed by atoms with van der Waals surface area (Å²) >= 11 is 1.37. The molecule has 39 heavy (non-hydrogen) atoms. The van der Waals surface area contributed by atoms with Crippen LogP contribution in [0.2, 0.25) is 0 Å². The number of carbonyl (C=O) groups excluding carboxylic acids is 2. The van der Waals surface area contributed by atoms with Crippen LogP contribution in [-0.2, 0) is 14.4 Å². The van der Waals surface area contributed by atoms with Crippen molar-refractivity contribution in [3.8, 4) is 11.1 Å². The van der Waals surface area contributed by atoms with Crippen molar-refractivity contribution in [3.63, 3.8) is 0 Å². The van der Waals surface area contributed by atoms with E-state index in [1.54, 1.807) is 12.4 Å². The van der Waals surface area contributed by atoms with Gasteiger partial charge in [-0.3, -0.25) is 10.1 Å². The molecule has 0 spiro atoms. The van der Waals surface area contributed by atoms with Gasteiger partial charge < -0.3 is 19.8 Å². The molecule has 4 rings (SSSR count). The number of aromatic nitrogens is 3. The van der Waals surface area contributed by atoms with Gasteiger partial charge in [-0.15, -0.1) is 0 Å². The summed E-state index contributed by atoms with van der Waals surface area (Å²) in [7, 11) is 1.50. The van der Waals surface area contributed by atoms with Crippen LogP contribution in [0.15, 0.2) is 29.7 Å². The Morgan fingerprint density at radius 2 is 1.85 bits per heavy atom. The van der Waals surface area contributed by atoms with E-state index in [0.717, 1.165) is 33.3 Å². The molecule has 0 atom stereocenters. The van der Waals surface area contributed by atoms with Gasteiger partial charge in [-0.05, 0) is 57.7 Å². The number of esters is 1. The van der Waals surface area contributed by atoms with Crippen LogP contribution in [0.1, 0.15) is 52.5 Å². The van der Waals surface area contributed by atoms with Gasteiger partial charge in [0, 0.05) is 43.2 Å². The van der Waals surface area contributed by atoms with Crippen molar-refractivity contribution in [2.45, 2.75) is 47.0 Å². The minimum absolute atomic E-state index is 0.103. The zero-order valence-electron chi connectivity index (χ0n) is 23.0. The van der Waals surface area contributed by atoms with E-state index in [1.807, 2.05) is 39.8 Å². The van der Waals surface area contributed by atoms with Gasteiger partial charge in [-0.1, -0.05) is 23.4 Å². The van der Waals surface area contributed by atoms with E-state index in [9.17, 15) is 9.59 Å². The molecule has 2 aromatic heterocycles. The molecule has 1 aromatic carbocycles. The largest absolute Gasteiger partial charge is 0.466 e. The van der Waals surface area contributed by atoms with E-state index in [1.165, 1.54) is 18.4 Å². The monoisotopic (exact) mass is 553 g/mol. The summed E-state index contributed by atoms with van der Waals surface area (Å²) in [6, 6.07) is 3.65. The van der Waals surface area contributed by atoms with Gasteiger partial charge in [-0.25, -0.2) is 19.7 Å². The molecule has 12 heteroatoms. The normalized spacial score (nSPS) is 15.2. The Hall–Kier alpha value is -3.80. The highest BCUT2D eigenvalue weighted by Gasteiger charge is 2.41. The number of carbonyl (C=O) groups is 2. The third kappa shape index (κ3) is 6.11. The number of benzene rings is 1. The van der Waals surface area contributed by atoms with Crippen LogP contribution < -0.4 is 15.5 Å². The van der Waals surface area contributed by atoms with Crippen LogP contribution in [0.5, 0.6) is 0 Å². The molecule has 0 bridgehead atoms. The molecule has 1 aliphatic heterocycles. The maximum absolute atomic E-state index is 12.6. The topological polar surface area (TPSA) is 131 Å². The first kappa shape index (κ1) is 28.2. The molecule has 2 amide bonds. The molecule has 1 saturated heterocycles. The molecule has 0 unspecified atom stereocenters. The number of rotatable bonds is 9. The highest BCUT2D eigenvalue weighted by Crippen LogP contribution is 2.38. The Kier molecular flexibility index (Phi) is 8.95. The molecule has 0 radical (unpaired) electrons. The maximum atomic E-state index is 12.6. The lowest BCUT2D eigenvalue weighted by atomic mass is 9.76. The van der Waals surface area contributed by atoms with E-state index >= 15 is 0 Å². The van der Waals surface area contributed by atoms with Crippen molar-refractivity contribution in [1.29, 1.82) is 0 Å². The predicted molar refractivity (Wildman–Crippen MR) is 153 cm³/mol. The van der Waals surface area contributed by atoms with Gasteiger partial charge in [0.25, 0.3) is 0 Å². The molecule has 1 fully saturated rings. The van der Waals surface area contributed by atoms with Crippen LogP contribution >= 0.6 is 11.3 Å². The first-order chi connectivity index (χ1) is 18.8. The minimum atomic E-state index is -0.432. The number of hydrogen-bond donors (Lipinski definition) is 2. The van der Waals surface area contributed by atoms with Gasteiger partial charge in [0.1, 0.15) is 7.11 Å². The van der Waals surface area contributed by atoms with Gasteiger partial charge in [0.15, 0.2) is 5.13 Å². The van der Waals surface area contributed by atoms with E-state index in [0.29, 0.717) is 55.9 Å². The van der Waals surface area contributed by atoms with Crippen LogP contribution in [0, 0.1) is 5.41 Å². The first-order valence-corrected chi connectivity index (χ1v) is 14.0. The highest BCUT2D eigenvalue weighted by atomic mass is 32.1. The number of hydrogen-bond acceptors (Lipinski definition) is 10. The van der Waals surface area contributed by atoms with Crippen molar-refractivity contribution in [3.05, 3.63) is 30.1 Å². The smallest absolute Gasteiger partial charge is 0.321 e. The third-order valence-corrected chi connectivity index (χ3v) is 8.05. The molecular weight excluding hydrogens is 518 g/mol. The molecule has 3 aromatic rings. The average Bonchev–Trinajstić information content (AvgIpc) is 3.35. The number of amides is 2. The lowest BCUT2D eigenvalue weighted by Crippen LogP contribution is -2.45. The summed E-state index contributed by atoms with van der Waals surface area (Å²) < 4.78 is 6.24. The number of nitrogens with one attached hydrogen (secondary N) is 2. The zero-order chi connectivity index (χ0) is 28.0. The average molecular weight is 554 g/mol. The van der Waals surface area contributed by atoms with E-state index in [4.69, 9.17) is 9.57 Å². The Morgan fingerprint density at radius 3 is 2.46 bits per heavy atom. The van der Waals surface area contributed by atoms with Crippen LogP contribution in [0.3, 0.4) is 0 Å². The minimum Gasteiger partial charge on any atom is -0.466 e. The van der Waals surface area contributed by atoms with Crippen molar-refractivity contribution < 1.29 is 19.2 Å². The summed E-state index contributed by atoms with van der Waals surface area (Å²) in [5.41, 5.74) is 3.52. The number of anilines is 2. The van der Waals surface area contributed by atoms with Gasteiger partial charge in [0.2, 0.25) is 5.95 Å². The zero-order valence-corrected chi connectivity index (χ0v) is 23.9. The number of piperidine rings is 1. The Balaban J connectivity index is 1.59. The molecule has 208 valence electrons.